The van der Waals surface area contributed by atoms with Crippen LogP contribution in [0.15, 0.2) is 48.5 Å². The molecular formula is C19H20F2N2O. The number of anilines is 1. The summed E-state index contributed by atoms with van der Waals surface area (Å²) in [7, 11) is 3.91. The third-order valence-corrected chi connectivity index (χ3v) is 3.62. The molecule has 1 N–H and O–H groups in total. The molecule has 0 aliphatic heterocycles. The Morgan fingerprint density at radius 2 is 1.79 bits per heavy atom. The summed E-state index contributed by atoms with van der Waals surface area (Å²) in [4.78, 5) is 13.9. The van der Waals surface area contributed by atoms with Gasteiger partial charge in [0.25, 0.3) is 0 Å². The van der Waals surface area contributed by atoms with Gasteiger partial charge in [-0.15, -0.1) is 0 Å². The van der Waals surface area contributed by atoms with Gasteiger partial charge >= 0.3 is 0 Å². The van der Waals surface area contributed by atoms with Crippen molar-refractivity contribution in [1.82, 2.24) is 5.32 Å². The Balaban J connectivity index is 1.99. The van der Waals surface area contributed by atoms with Crippen LogP contribution in [0.2, 0.25) is 0 Å². The minimum Gasteiger partial charge on any atom is -0.378 e. The third kappa shape index (κ3) is 4.65. The number of hydrogen-bond donors (Lipinski definition) is 1. The summed E-state index contributed by atoms with van der Waals surface area (Å²) in [5.41, 5.74) is 2.20. The number of rotatable bonds is 5. The van der Waals surface area contributed by atoms with Crippen LogP contribution in [0.1, 0.15) is 24.1 Å². The topological polar surface area (TPSA) is 32.3 Å². The first-order valence-corrected chi connectivity index (χ1v) is 7.57. The molecule has 0 spiro atoms. The predicted molar refractivity (Wildman–Crippen MR) is 92.7 cm³/mol. The molecule has 0 aliphatic carbocycles. The Labute approximate surface area is 140 Å². The van der Waals surface area contributed by atoms with E-state index in [1.807, 2.05) is 43.3 Å². The quantitative estimate of drug-likeness (QED) is 0.843. The maximum Gasteiger partial charge on any atom is 0.244 e. The molecule has 0 aliphatic rings. The van der Waals surface area contributed by atoms with Crippen LogP contribution in [0.3, 0.4) is 0 Å². The molecule has 0 bridgehead atoms. The molecule has 2 rings (SSSR count). The summed E-state index contributed by atoms with van der Waals surface area (Å²) in [6, 6.07) is 10.5. The molecule has 0 saturated heterocycles. The van der Waals surface area contributed by atoms with Gasteiger partial charge in [0.2, 0.25) is 5.91 Å². The van der Waals surface area contributed by atoms with Crippen molar-refractivity contribution in [2.24, 2.45) is 0 Å². The maximum absolute atomic E-state index is 13.7. The second-order valence-electron chi connectivity index (χ2n) is 5.72. The van der Waals surface area contributed by atoms with Gasteiger partial charge in [-0.05, 0) is 36.8 Å². The molecule has 0 saturated carbocycles. The third-order valence-electron chi connectivity index (χ3n) is 3.62. The molecule has 1 amide bonds. The van der Waals surface area contributed by atoms with Crippen LogP contribution < -0.4 is 10.2 Å². The van der Waals surface area contributed by atoms with Crippen molar-refractivity contribution < 1.29 is 13.6 Å². The van der Waals surface area contributed by atoms with E-state index < -0.39 is 17.7 Å². The molecule has 0 heterocycles. The minimum absolute atomic E-state index is 0.244. The van der Waals surface area contributed by atoms with Crippen molar-refractivity contribution in [2.75, 3.05) is 19.0 Å². The Bertz CT molecular complexity index is 740. The van der Waals surface area contributed by atoms with E-state index in [1.165, 1.54) is 18.2 Å². The molecule has 3 nitrogen and oxygen atoms in total. The Morgan fingerprint density at radius 3 is 2.38 bits per heavy atom. The fourth-order valence-electron chi connectivity index (χ4n) is 2.25. The summed E-state index contributed by atoms with van der Waals surface area (Å²) in [5.74, 6) is -1.66. The maximum atomic E-state index is 13.7. The van der Waals surface area contributed by atoms with Gasteiger partial charge in [0.05, 0.1) is 6.04 Å². The van der Waals surface area contributed by atoms with Gasteiger partial charge in [0, 0.05) is 37.5 Å². The highest BCUT2D eigenvalue weighted by Gasteiger charge is 2.12. The second kappa shape index (κ2) is 7.73. The SMILES string of the molecule is CC(NC(=O)C=Cc1ccc(N(C)C)cc1)c1ccc(F)cc1F. The Hall–Kier alpha value is -2.69. The average Bonchev–Trinajstić information content (AvgIpc) is 2.53. The van der Waals surface area contributed by atoms with Gasteiger partial charge < -0.3 is 10.2 Å². The van der Waals surface area contributed by atoms with Crippen molar-refractivity contribution in [3.8, 4) is 0 Å². The van der Waals surface area contributed by atoms with Crippen LogP contribution in [0.25, 0.3) is 6.08 Å². The number of carbonyl (C=O) groups excluding carboxylic acids is 1. The van der Waals surface area contributed by atoms with E-state index >= 15 is 0 Å². The van der Waals surface area contributed by atoms with Gasteiger partial charge in [0.15, 0.2) is 0 Å². The summed E-state index contributed by atoms with van der Waals surface area (Å²) < 4.78 is 26.6. The molecule has 0 fully saturated rings. The van der Waals surface area contributed by atoms with Crippen molar-refractivity contribution in [1.29, 1.82) is 0 Å². The molecular weight excluding hydrogens is 310 g/mol. The monoisotopic (exact) mass is 330 g/mol. The summed E-state index contributed by atoms with van der Waals surface area (Å²) in [6.07, 6.45) is 3.07. The van der Waals surface area contributed by atoms with Crippen molar-refractivity contribution in [2.45, 2.75) is 13.0 Å². The zero-order valence-electron chi connectivity index (χ0n) is 13.9. The molecule has 126 valence electrons. The van der Waals surface area contributed by atoms with Crippen molar-refractivity contribution >= 4 is 17.7 Å². The van der Waals surface area contributed by atoms with Crippen LogP contribution >= 0.6 is 0 Å². The van der Waals surface area contributed by atoms with E-state index in [2.05, 4.69) is 5.32 Å². The standard InChI is InChI=1S/C19H20F2N2O/c1-13(17-10-7-15(20)12-18(17)21)22-19(24)11-6-14-4-8-16(9-5-14)23(2)3/h4-13H,1-3H3,(H,22,24). The second-order valence-corrected chi connectivity index (χ2v) is 5.72. The van der Waals surface area contributed by atoms with E-state index in [9.17, 15) is 13.6 Å². The highest BCUT2D eigenvalue weighted by molar-refractivity contribution is 5.92. The normalized spacial score (nSPS) is 12.2. The van der Waals surface area contributed by atoms with E-state index in [0.29, 0.717) is 0 Å². The number of nitrogens with zero attached hydrogens (tertiary/aromatic N) is 1. The molecule has 2 aromatic carbocycles. The van der Waals surface area contributed by atoms with Crippen LogP contribution in [0, 0.1) is 11.6 Å². The lowest BCUT2D eigenvalue weighted by Crippen LogP contribution is -2.25. The predicted octanol–water partition coefficient (Wildman–Crippen LogP) is 3.92. The lowest BCUT2D eigenvalue weighted by molar-refractivity contribution is -0.117. The fourth-order valence-corrected chi connectivity index (χ4v) is 2.25. The number of nitrogens with one attached hydrogen (secondary N) is 1. The van der Waals surface area contributed by atoms with Crippen LogP contribution in [0.4, 0.5) is 14.5 Å². The van der Waals surface area contributed by atoms with Gasteiger partial charge in [-0.2, -0.15) is 0 Å². The largest absolute Gasteiger partial charge is 0.378 e. The Morgan fingerprint density at radius 1 is 1.12 bits per heavy atom. The number of carbonyl (C=O) groups is 1. The molecule has 1 atom stereocenters. The highest BCUT2D eigenvalue weighted by atomic mass is 19.1. The molecule has 0 aromatic heterocycles. The van der Waals surface area contributed by atoms with E-state index in [0.717, 1.165) is 17.3 Å². The summed E-state index contributed by atoms with van der Waals surface area (Å²) >= 11 is 0. The van der Waals surface area contributed by atoms with E-state index in [-0.39, 0.29) is 11.5 Å². The zero-order valence-corrected chi connectivity index (χ0v) is 13.9. The first kappa shape index (κ1) is 17.7. The van der Waals surface area contributed by atoms with Gasteiger partial charge in [0.1, 0.15) is 11.6 Å². The number of hydrogen-bond acceptors (Lipinski definition) is 2. The van der Waals surface area contributed by atoms with Crippen LogP contribution in [-0.2, 0) is 4.79 Å². The van der Waals surface area contributed by atoms with Crippen LogP contribution in [0.5, 0.6) is 0 Å². The molecule has 1 unspecified atom stereocenters. The molecule has 24 heavy (non-hydrogen) atoms. The number of halogens is 2. The van der Waals surface area contributed by atoms with E-state index in [1.54, 1.807) is 13.0 Å². The first-order chi connectivity index (χ1) is 11.4. The highest BCUT2D eigenvalue weighted by Crippen LogP contribution is 2.18. The smallest absolute Gasteiger partial charge is 0.244 e. The minimum atomic E-state index is -0.675. The first-order valence-electron chi connectivity index (χ1n) is 7.57. The average molecular weight is 330 g/mol. The van der Waals surface area contributed by atoms with Gasteiger partial charge in [-0.1, -0.05) is 18.2 Å². The van der Waals surface area contributed by atoms with E-state index in [4.69, 9.17) is 0 Å². The van der Waals surface area contributed by atoms with Crippen molar-refractivity contribution in [3.63, 3.8) is 0 Å². The van der Waals surface area contributed by atoms with Gasteiger partial charge in [-0.25, -0.2) is 8.78 Å². The lowest BCUT2D eigenvalue weighted by atomic mass is 10.1. The summed E-state index contributed by atoms with van der Waals surface area (Å²) in [6.45, 7) is 1.65. The Kier molecular flexibility index (Phi) is 5.68. The van der Waals surface area contributed by atoms with Crippen LogP contribution in [-0.4, -0.2) is 20.0 Å². The summed E-state index contributed by atoms with van der Waals surface area (Å²) in [5, 5.41) is 2.66. The number of amides is 1. The van der Waals surface area contributed by atoms with Gasteiger partial charge in [-0.3, -0.25) is 4.79 Å². The number of benzene rings is 2. The van der Waals surface area contributed by atoms with Crippen molar-refractivity contribution in [3.05, 3.63) is 71.3 Å². The molecule has 0 radical (unpaired) electrons. The lowest BCUT2D eigenvalue weighted by Gasteiger charge is -2.14. The molecule has 5 heteroatoms. The zero-order chi connectivity index (χ0) is 17.7. The fraction of sp³-hybridized carbons (Fsp3) is 0.211. The molecule has 2 aromatic rings.